The van der Waals surface area contributed by atoms with E-state index < -0.39 is 14.9 Å². The zero-order valence-electron chi connectivity index (χ0n) is 14.3. The molecule has 2 heterocycles. The van der Waals surface area contributed by atoms with E-state index in [4.69, 9.17) is 0 Å². The third-order valence-electron chi connectivity index (χ3n) is 4.36. The van der Waals surface area contributed by atoms with Crippen molar-refractivity contribution in [2.24, 2.45) is 0 Å². The topological polar surface area (TPSA) is 105 Å². The first kappa shape index (κ1) is 18.3. The van der Waals surface area contributed by atoms with Crippen LogP contribution in [0.2, 0.25) is 0 Å². The Morgan fingerprint density at radius 2 is 1.96 bits per heavy atom. The van der Waals surface area contributed by atoms with Crippen LogP contribution in [0.25, 0.3) is 0 Å². The molecule has 8 nitrogen and oxygen atoms in total. The maximum Gasteiger partial charge on any atom is 0.270 e. The van der Waals surface area contributed by atoms with E-state index in [-0.39, 0.29) is 16.6 Å². The molecule has 1 N–H and O–H groups in total. The van der Waals surface area contributed by atoms with Gasteiger partial charge in [0.15, 0.2) is 0 Å². The summed E-state index contributed by atoms with van der Waals surface area (Å²) in [5.41, 5.74) is 0.829. The molecule has 1 saturated heterocycles. The smallest absolute Gasteiger partial charge is 0.270 e. The highest BCUT2D eigenvalue weighted by atomic mass is 32.2. The van der Waals surface area contributed by atoms with Gasteiger partial charge in [0.1, 0.15) is 4.90 Å². The predicted octanol–water partition coefficient (Wildman–Crippen LogP) is 2.95. The minimum absolute atomic E-state index is 0.0728. The van der Waals surface area contributed by atoms with Crippen molar-refractivity contribution in [3.8, 4) is 0 Å². The highest BCUT2D eigenvalue weighted by molar-refractivity contribution is 7.89. The van der Waals surface area contributed by atoms with Crippen LogP contribution >= 0.6 is 0 Å². The molecule has 2 aromatic rings. The van der Waals surface area contributed by atoms with Crippen LogP contribution in [0, 0.1) is 10.1 Å². The Morgan fingerprint density at radius 1 is 1.23 bits per heavy atom. The molecule has 1 aliphatic heterocycles. The fourth-order valence-corrected chi connectivity index (χ4v) is 4.66. The second-order valence-corrected chi connectivity index (χ2v) is 8.08. The third kappa shape index (κ3) is 3.68. The zero-order chi connectivity index (χ0) is 18.7. The highest BCUT2D eigenvalue weighted by Crippen LogP contribution is 2.32. The van der Waals surface area contributed by atoms with Gasteiger partial charge >= 0.3 is 0 Å². The zero-order valence-corrected chi connectivity index (χ0v) is 15.1. The summed E-state index contributed by atoms with van der Waals surface area (Å²) in [6.45, 7) is 2.72. The molecule has 1 aromatic heterocycles. The molecule has 0 amide bonds. The summed E-state index contributed by atoms with van der Waals surface area (Å²) in [6.07, 6.45) is 3.24. The number of anilines is 1. The molecule has 0 bridgehead atoms. The molecule has 0 aliphatic carbocycles. The molecule has 1 unspecified atom stereocenters. The van der Waals surface area contributed by atoms with Crippen LogP contribution < -0.4 is 5.32 Å². The number of nitro groups is 1. The second kappa shape index (κ2) is 7.38. The van der Waals surface area contributed by atoms with Gasteiger partial charge in [-0.05, 0) is 38.0 Å². The van der Waals surface area contributed by atoms with E-state index in [1.54, 1.807) is 12.3 Å². The number of hydrogen-bond donors (Lipinski definition) is 1. The fourth-order valence-electron chi connectivity index (χ4n) is 2.96. The van der Waals surface area contributed by atoms with Crippen molar-refractivity contribution in [1.29, 1.82) is 0 Å². The lowest BCUT2D eigenvalue weighted by molar-refractivity contribution is -0.385. The first-order chi connectivity index (χ1) is 12.4. The van der Waals surface area contributed by atoms with E-state index in [9.17, 15) is 18.5 Å². The molecule has 0 spiro atoms. The average Bonchev–Trinajstić information content (AvgIpc) is 3.18. The standard InChI is InChI=1S/C17H20N4O4S/c1-13(15-6-2-3-9-18-15)19-16-8-7-14(21(22)23)12-17(16)26(24,25)20-10-4-5-11-20/h2-3,6-9,12-13,19H,4-5,10-11H2,1H3. The quantitative estimate of drug-likeness (QED) is 0.614. The summed E-state index contributed by atoms with van der Waals surface area (Å²) in [7, 11) is -3.81. The van der Waals surface area contributed by atoms with Gasteiger partial charge in [-0.3, -0.25) is 15.1 Å². The van der Waals surface area contributed by atoms with Crippen molar-refractivity contribution < 1.29 is 13.3 Å². The van der Waals surface area contributed by atoms with E-state index in [0.29, 0.717) is 18.8 Å². The molecule has 1 fully saturated rings. The summed E-state index contributed by atoms with van der Waals surface area (Å²) < 4.78 is 27.4. The highest BCUT2D eigenvalue weighted by Gasteiger charge is 2.31. The monoisotopic (exact) mass is 376 g/mol. The van der Waals surface area contributed by atoms with Gasteiger partial charge in [0.2, 0.25) is 10.0 Å². The number of nitrogens with zero attached hydrogens (tertiary/aromatic N) is 3. The molecule has 1 aromatic carbocycles. The average molecular weight is 376 g/mol. The summed E-state index contributed by atoms with van der Waals surface area (Å²) in [6, 6.07) is 9.09. The van der Waals surface area contributed by atoms with Crippen LogP contribution in [-0.2, 0) is 10.0 Å². The Morgan fingerprint density at radius 3 is 2.58 bits per heavy atom. The maximum atomic E-state index is 13.0. The van der Waals surface area contributed by atoms with Crippen molar-refractivity contribution in [2.75, 3.05) is 18.4 Å². The summed E-state index contributed by atoms with van der Waals surface area (Å²) in [4.78, 5) is 14.7. The van der Waals surface area contributed by atoms with E-state index >= 15 is 0 Å². The van der Waals surface area contributed by atoms with Crippen molar-refractivity contribution in [3.63, 3.8) is 0 Å². The van der Waals surface area contributed by atoms with Crippen LogP contribution in [0.15, 0.2) is 47.5 Å². The van der Waals surface area contributed by atoms with E-state index in [1.165, 1.54) is 16.4 Å². The Labute approximate surface area is 152 Å². The predicted molar refractivity (Wildman–Crippen MR) is 97.4 cm³/mol. The Bertz CT molecular complexity index is 896. The number of nitrogens with one attached hydrogen (secondary N) is 1. The summed E-state index contributed by atoms with van der Waals surface area (Å²) >= 11 is 0. The largest absolute Gasteiger partial charge is 0.376 e. The lowest BCUT2D eigenvalue weighted by Crippen LogP contribution is -2.28. The molecule has 3 rings (SSSR count). The SMILES string of the molecule is CC(Nc1ccc([N+](=O)[O-])cc1S(=O)(=O)N1CCCC1)c1ccccn1. The van der Waals surface area contributed by atoms with Gasteiger partial charge < -0.3 is 5.32 Å². The maximum absolute atomic E-state index is 13.0. The normalized spacial score (nSPS) is 16.3. The van der Waals surface area contributed by atoms with Crippen LogP contribution in [-0.4, -0.2) is 35.7 Å². The number of aromatic nitrogens is 1. The molecule has 138 valence electrons. The van der Waals surface area contributed by atoms with Crippen molar-refractivity contribution in [1.82, 2.24) is 9.29 Å². The number of nitro benzene ring substituents is 1. The van der Waals surface area contributed by atoms with Crippen molar-refractivity contribution in [3.05, 3.63) is 58.4 Å². The first-order valence-corrected chi connectivity index (χ1v) is 9.79. The first-order valence-electron chi connectivity index (χ1n) is 8.35. The number of hydrogen-bond acceptors (Lipinski definition) is 6. The lowest BCUT2D eigenvalue weighted by Gasteiger charge is -2.21. The van der Waals surface area contributed by atoms with Crippen LogP contribution in [0.5, 0.6) is 0 Å². The Balaban J connectivity index is 2.00. The summed E-state index contributed by atoms with van der Waals surface area (Å²) in [5, 5.41) is 14.3. The van der Waals surface area contributed by atoms with Gasteiger partial charge in [-0.15, -0.1) is 0 Å². The van der Waals surface area contributed by atoms with Crippen LogP contribution in [0.1, 0.15) is 31.5 Å². The van der Waals surface area contributed by atoms with Gasteiger partial charge in [0.05, 0.1) is 22.3 Å². The molecule has 1 atom stereocenters. The minimum atomic E-state index is -3.81. The fraction of sp³-hybridized carbons (Fsp3) is 0.353. The van der Waals surface area contributed by atoms with E-state index in [0.717, 1.165) is 24.6 Å². The number of sulfonamides is 1. The Kier molecular flexibility index (Phi) is 5.19. The molecule has 1 aliphatic rings. The number of pyridine rings is 1. The molecular weight excluding hydrogens is 356 g/mol. The van der Waals surface area contributed by atoms with Gasteiger partial charge in [-0.1, -0.05) is 6.07 Å². The van der Waals surface area contributed by atoms with Crippen molar-refractivity contribution in [2.45, 2.75) is 30.7 Å². The molecular formula is C17H20N4O4S. The molecule has 0 radical (unpaired) electrons. The van der Waals surface area contributed by atoms with Gasteiger partial charge in [0, 0.05) is 31.4 Å². The number of rotatable bonds is 6. The van der Waals surface area contributed by atoms with E-state index in [1.807, 2.05) is 19.1 Å². The molecule has 0 saturated carbocycles. The number of benzene rings is 1. The molecule has 26 heavy (non-hydrogen) atoms. The summed E-state index contributed by atoms with van der Waals surface area (Å²) in [5.74, 6) is 0. The van der Waals surface area contributed by atoms with Crippen LogP contribution in [0.4, 0.5) is 11.4 Å². The van der Waals surface area contributed by atoms with Gasteiger partial charge in [0.25, 0.3) is 5.69 Å². The van der Waals surface area contributed by atoms with Gasteiger partial charge in [-0.2, -0.15) is 4.31 Å². The van der Waals surface area contributed by atoms with Crippen molar-refractivity contribution >= 4 is 21.4 Å². The van der Waals surface area contributed by atoms with Gasteiger partial charge in [-0.25, -0.2) is 8.42 Å². The van der Waals surface area contributed by atoms with E-state index in [2.05, 4.69) is 10.3 Å². The third-order valence-corrected chi connectivity index (χ3v) is 6.30. The minimum Gasteiger partial charge on any atom is -0.376 e. The Hall–Kier alpha value is -2.52. The molecule has 9 heteroatoms. The lowest BCUT2D eigenvalue weighted by atomic mass is 10.2. The second-order valence-electron chi connectivity index (χ2n) is 6.17. The van der Waals surface area contributed by atoms with Crippen LogP contribution in [0.3, 0.4) is 0 Å². The number of non-ortho nitro benzene ring substituents is 1.